The number of nitrogens with one attached hydrogen (secondary N) is 2. The fourth-order valence-electron chi connectivity index (χ4n) is 2.55. The Balaban J connectivity index is 1.86. The molecule has 2 N–H and O–H groups in total. The van der Waals surface area contributed by atoms with Gasteiger partial charge in [-0.3, -0.25) is 9.59 Å². The van der Waals surface area contributed by atoms with E-state index in [4.69, 9.17) is 0 Å². The van der Waals surface area contributed by atoms with Crippen LogP contribution in [0.15, 0.2) is 0 Å². The maximum atomic E-state index is 11.9. The summed E-state index contributed by atoms with van der Waals surface area (Å²) < 4.78 is 0. The van der Waals surface area contributed by atoms with Crippen LogP contribution in [0.1, 0.15) is 44.9 Å². The maximum Gasteiger partial charge on any atom is 0.242 e. The molecule has 4 heteroatoms. The first kappa shape index (κ1) is 11.4. The molecule has 1 saturated carbocycles. The van der Waals surface area contributed by atoms with Crippen LogP contribution in [0, 0.1) is 5.92 Å². The van der Waals surface area contributed by atoms with E-state index in [0.29, 0.717) is 0 Å². The quantitative estimate of drug-likeness (QED) is 0.734. The topological polar surface area (TPSA) is 58.2 Å². The molecule has 2 amide bonds. The Morgan fingerprint density at radius 1 is 1.12 bits per heavy atom. The number of rotatable bonds is 2. The van der Waals surface area contributed by atoms with Crippen LogP contribution in [0.2, 0.25) is 0 Å². The molecule has 1 aliphatic heterocycles. The van der Waals surface area contributed by atoms with Crippen molar-refractivity contribution in [1.82, 2.24) is 10.6 Å². The van der Waals surface area contributed by atoms with E-state index in [9.17, 15) is 9.59 Å². The average molecular weight is 224 g/mol. The lowest BCUT2D eigenvalue weighted by Gasteiger charge is -2.17. The Morgan fingerprint density at radius 2 is 1.81 bits per heavy atom. The first-order valence-corrected chi connectivity index (χ1v) is 6.35. The molecule has 1 aliphatic carbocycles. The first-order valence-electron chi connectivity index (χ1n) is 6.35. The normalized spacial score (nSPS) is 27.2. The van der Waals surface area contributed by atoms with Gasteiger partial charge in [-0.1, -0.05) is 12.8 Å². The zero-order valence-electron chi connectivity index (χ0n) is 9.63. The van der Waals surface area contributed by atoms with Gasteiger partial charge in [0.25, 0.3) is 0 Å². The summed E-state index contributed by atoms with van der Waals surface area (Å²) in [7, 11) is 0. The first-order chi connectivity index (χ1) is 7.77. The van der Waals surface area contributed by atoms with Gasteiger partial charge in [0.2, 0.25) is 11.8 Å². The molecule has 2 fully saturated rings. The third-order valence-corrected chi connectivity index (χ3v) is 3.58. The van der Waals surface area contributed by atoms with Crippen LogP contribution in [0.5, 0.6) is 0 Å². The molecule has 0 aromatic rings. The van der Waals surface area contributed by atoms with Crippen LogP contribution in [-0.2, 0) is 9.59 Å². The second kappa shape index (κ2) is 5.32. The van der Waals surface area contributed by atoms with Gasteiger partial charge >= 0.3 is 0 Å². The van der Waals surface area contributed by atoms with Crippen LogP contribution >= 0.6 is 0 Å². The second-order valence-corrected chi connectivity index (χ2v) is 4.83. The van der Waals surface area contributed by atoms with Gasteiger partial charge < -0.3 is 10.6 Å². The molecule has 0 bridgehead atoms. The summed E-state index contributed by atoms with van der Waals surface area (Å²) in [5.74, 6) is 0.222. The third kappa shape index (κ3) is 2.74. The van der Waals surface area contributed by atoms with E-state index in [2.05, 4.69) is 10.6 Å². The van der Waals surface area contributed by atoms with E-state index in [1.54, 1.807) is 0 Å². The minimum absolute atomic E-state index is 0.0103. The number of hydrogen-bond donors (Lipinski definition) is 2. The zero-order chi connectivity index (χ0) is 11.4. The molecule has 0 aromatic heterocycles. The summed E-state index contributed by atoms with van der Waals surface area (Å²) in [6, 6.07) is -0.296. The van der Waals surface area contributed by atoms with Gasteiger partial charge in [-0.05, 0) is 32.1 Å². The van der Waals surface area contributed by atoms with Crippen molar-refractivity contribution in [2.45, 2.75) is 51.0 Å². The lowest BCUT2D eigenvalue weighted by atomic mass is 10.1. The minimum Gasteiger partial charge on any atom is -0.354 e. The summed E-state index contributed by atoms with van der Waals surface area (Å²) in [5.41, 5.74) is 0. The van der Waals surface area contributed by atoms with E-state index < -0.39 is 0 Å². The van der Waals surface area contributed by atoms with Crippen LogP contribution in [0.25, 0.3) is 0 Å². The number of carbonyl (C=O) groups is 2. The van der Waals surface area contributed by atoms with Crippen molar-refractivity contribution in [3.8, 4) is 0 Å². The lowest BCUT2D eigenvalue weighted by molar-refractivity contribution is -0.130. The molecule has 1 unspecified atom stereocenters. The van der Waals surface area contributed by atoms with Gasteiger partial charge in [0.1, 0.15) is 6.04 Å². The second-order valence-electron chi connectivity index (χ2n) is 4.83. The fraction of sp³-hybridized carbons (Fsp3) is 0.833. The summed E-state index contributed by atoms with van der Waals surface area (Å²) in [6.07, 6.45) is 7.07. The van der Waals surface area contributed by atoms with Crippen LogP contribution in [-0.4, -0.2) is 24.4 Å². The largest absolute Gasteiger partial charge is 0.354 e. The van der Waals surface area contributed by atoms with Crippen molar-refractivity contribution in [2.75, 3.05) is 6.54 Å². The maximum absolute atomic E-state index is 11.9. The lowest BCUT2D eigenvalue weighted by Crippen LogP contribution is -2.47. The van der Waals surface area contributed by atoms with Gasteiger partial charge in [0.05, 0.1) is 0 Å². The Labute approximate surface area is 96.2 Å². The molecule has 4 nitrogen and oxygen atoms in total. The number of hydrogen-bond acceptors (Lipinski definition) is 2. The van der Waals surface area contributed by atoms with Crippen molar-refractivity contribution in [1.29, 1.82) is 0 Å². The molecule has 1 saturated heterocycles. The van der Waals surface area contributed by atoms with E-state index in [1.165, 1.54) is 0 Å². The zero-order valence-corrected chi connectivity index (χ0v) is 9.63. The van der Waals surface area contributed by atoms with Crippen LogP contribution in [0.4, 0.5) is 0 Å². The molecule has 16 heavy (non-hydrogen) atoms. The summed E-state index contributed by atoms with van der Waals surface area (Å²) in [4.78, 5) is 23.5. The Bertz CT molecular complexity index is 272. The predicted octanol–water partition coefficient (Wildman–Crippen LogP) is 0.961. The van der Waals surface area contributed by atoms with Gasteiger partial charge in [0.15, 0.2) is 0 Å². The van der Waals surface area contributed by atoms with Crippen LogP contribution in [0.3, 0.4) is 0 Å². The van der Waals surface area contributed by atoms with E-state index in [1.807, 2.05) is 0 Å². The molecule has 2 rings (SSSR count). The third-order valence-electron chi connectivity index (χ3n) is 3.58. The van der Waals surface area contributed by atoms with Crippen molar-refractivity contribution >= 4 is 11.8 Å². The van der Waals surface area contributed by atoms with Crippen molar-refractivity contribution in [3.05, 3.63) is 0 Å². The summed E-state index contributed by atoms with van der Waals surface area (Å²) >= 11 is 0. The predicted molar refractivity (Wildman–Crippen MR) is 60.7 cm³/mol. The SMILES string of the molecule is O=C(NC1CCCCNC1=O)C1CCCC1. The van der Waals surface area contributed by atoms with E-state index in [-0.39, 0.29) is 23.8 Å². The van der Waals surface area contributed by atoms with Gasteiger partial charge in [-0.15, -0.1) is 0 Å². The summed E-state index contributed by atoms with van der Waals surface area (Å²) in [5, 5.41) is 5.74. The average Bonchev–Trinajstić information content (AvgIpc) is 2.73. The van der Waals surface area contributed by atoms with Crippen molar-refractivity contribution in [3.63, 3.8) is 0 Å². The highest BCUT2D eigenvalue weighted by Crippen LogP contribution is 2.25. The van der Waals surface area contributed by atoms with E-state index >= 15 is 0 Å². The number of amides is 2. The molecule has 0 radical (unpaired) electrons. The molecule has 1 atom stereocenters. The fourth-order valence-corrected chi connectivity index (χ4v) is 2.55. The van der Waals surface area contributed by atoms with Gasteiger partial charge in [-0.2, -0.15) is 0 Å². The molecule has 0 aromatic carbocycles. The van der Waals surface area contributed by atoms with Crippen molar-refractivity contribution < 1.29 is 9.59 Å². The highest BCUT2D eigenvalue weighted by Gasteiger charge is 2.27. The summed E-state index contributed by atoms with van der Waals surface area (Å²) in [6.45, 7) is 0.745. The molecule has 2 aliphatic rings. The van der Waals surface area contributed by atoms with E-state index in [0.717, 1.165) is 51.5 Å². The minimum atomic E-state index is -0.296. The van der Waals surface area contributed by atoms with Gasteiger partial charge in [0, 0.05) is 12.5 Å². The Morgan fingerprint density at radius 3 is 2.56 bits per heavy atom. The number of carbonyl (C=O) groups excluding carboxylic acids is 2. The molecule has 0 spiro atoms. The van der Waals surface area contributed by atoms with Gasteiger partial charge in [-0.25, -0.2) is 0 Å². The molecular weight excluding hydrogens is 204 g/mol. The monoisotopic (exact) mass is 224 g/mol. The molecular formula is C12H20N2O2. The van der Waals surface area contributed by atoms with Crippen molar-refractivity contribution in [2.24, 2.45) is 5.92 Å². The Kier molecular flexibility index (Phi) is 3.80. The van der Waals surface area contributed by atoms with Crippen LogP contribution < -0.4 is 10.6 Å². The Hall–Kier alpha value is -1.06. The highest BCUT2D eigenvalue weighted by molar-refractivity contribution is 5.88. The smallest absolute Gasteiger partial charge is 0.242 e. The molecule has 90 valence electrons. The molecule has 1 heterocycles. The highest BCUT2D eigenvalue weighted by atomic mass is 16.2. The standard InChI is InChI=1S/C12H20N2O2/c15-11(9-5-1-2-6-9)14-10-7-3-4-8-13-12(10)16/h9-10H,1-8H2,(H,13,16)(H,14,15).